The zero-order valence-electron chi connectivity index (χ0n) is 17.0. The summed E-state index contributed by atoms with van der Waals surface area (Å²) >= 11 is 6.08. The molecule has 0 bridgehead atoms. The fraction of sp³-hybridized carbons (Fsp3) is 0.304. The minimum absolute atomic E-state index is 0.246. The summed E-state index contributed by atoms with van der Waals surface area (Å²) in [5, 5.41) is 9.05. The van der Waals surface area contributed by atoms with E-state index in [0.717, 1.165) is 40.0 Å². The van der Waals surface area contributed by atoms with Gasteiger partial charge in [-0.25, -0.2) is 0 Å². The second-order valence-corrected chi connectivity index (χ2v) is 7.45. The van der Waals surface area contributed by atoms with Crippen molar-refractivity contribution in [1.82, 2.24) is 0 Å². The molecule has 2 rings (SSSR count). The van der Waals surface area contributed by atoms with Crippen molar-refractivity contribution >= 4 is 35.0 Å². The van der Waals surface area contributed by atoms with E-state index in [9.17, 15) is 4.79 Å². The Kier molecular flexibility index (Phi) is 7.82. The number of carbonyl (C=O) groups is 1. The Bertz CT molecular complexity index is 923. The number of benzene rings is 2. The van der Waals surface area contributed by atoms with Gasteiger partial charge in [0.15, 0.2) is 0 Å². The first-order chi connectivity index (χ1) is 13.3. The predicted molar refractivity (Wildman–Crippen MR) is 119 cm³/mol. The molecule has 0 aliphatic carbocycles. The van der Waals surface area contributed by atoms with Crippen LogP contribution in [0.15, 0.2) is 57.7 Å². The summed E-state index contributed by atoms with van der Waals surface area (Å²) in [5.41, 5.74) is 6.59. The number of hydrogen-bond donors (Lipinski definition) is 0. The largest absolute Gasteiger partial charge is 0.303 e. The smallest absolute Gasteiger partial charge is 0.122 e. The highest BCUT2D eigenvalue weighted by Gasteiger charge is 2.16. The summed E-state index contributed by atoms with van der Waals surface area (Å²) in [6, 6.07) is 13.5. The van der Waals surface area contributed by atoms with Crippen molar-refractivity contribution in [2.24, 2.45) is 15.2 Å². The van der Waals surface area contributed by atoms with Gasteiger partial charge in [-0.15, -0.1) is 0 Å². The molecule has 0 fully saturated rings. The average molecular weight is 396 g/mol. The molecular weight excluding hydrogens is 370 g/mol. The van der Waals surface area contributed by atoms with Gasteiger partial charge in [-0.05, 0) is 58.4 Å². The van der Waals surface area contributed by atoms with Crippen LogP contribution in [0, 0.1) is 13.8 Å². The van der Waals surface area contributed by atoms with E-state index in [0.29, 0.717) is 10.7 Å². The van der Waals surface area contributed by atoms with Crippen molar-refractivity contribution in [3.05, 3.63) is 69.7 Å². The number of hydrogen-bond acceptors (Lipinski definition) is 4. The Balaban J connectivity index is 2.65. The van der Waals surface area contributed by atoms with Crippen LogP contribution in [-0.4, -0.2) is 29.5 Å². The molecule has 0 saturated heterocycles. The van der Waals surface area contributed by atoms with Gasteiger partial charge in [0.25, 0.3) is 0 Å². The lowest BCUT2D eigenvalue weighted by atomic mass is 9.95. The van der Waals surface area contributed by atoms with Crippen molar-refractivity contribution < 1.29 is 4.79 Å². The molecule has 0 aromatic heterocycles. The van der Waals surface area contributed by atoms with Crippen LogP contribution in [0.25, 0.3) is 0 Å². The lowest BCUT2D eigenvalue weighted by Gasteiger charge is -2.16. The molecule has 0 radical (unpaired) electrons. The van der Waals surface area contributed by atoms with Crippen LogP contribution in [0.5, 0.6) is 0 Å². The summed E-state index contributed by atoms with van der Waals surface area (Å²) < 4.78 is 0. The minimum atomic E-state index is -0.383. The maximum atomic E-state index is 11.3. The van der Waals surface area contributed by atoms with Crippen LogP contribution in [0.2, 0.25) is 5.02 Å². The van der Waals surface area contributed by atoms with Gasteiger partial charge in [0.1, 0.15) is 6.29 Å². The van der Waals surface area contributed by atoms with Gasteiger partial charge in [-0.2, -0.15) is 10.2 Å². The SMILES string of the molecule is CC(C)=N/N=C(\C)[C@H](CC=O)N=C(c1ccc(Cl)cc1)c1cc(C)ccc1C. The Morgan fingerprint density at radius 2 is 1.71 bits per heavy atom. The van der Waals surface area contributed by atoms with Gasteiger partial charge in [-0.1, -0.05) is 41.4 Å². The van der Waals surface area contributed by atoms with Gasteiger partial charge in [0.2, 0.25) is 0 Å². The van der Waals surface area contributed by atoms with Gasteiger partial charge < -0.3 is 4.79 Å². The number of aryl methyl sites for hydroxylation is 2. The van der Waals surface area contributed by atoms with Crippen molar-refractivity contribution in [2.75, 3.05) is 0 Å². The lowest BCUT2D eigenvalue weighted by molar-refractivity contribution is -0.107. The summed E-state index contributed by atoms with van der Waals surface area (Å²) in [6.07, 6.45) is 1.12. The number of halogens is 1. The number of aliphatic imine (C=N–C) groups is 1. The lowest BCUT2D eigenvalue weighted by Crippen LogP contribution is -2.20. The van der Waals surface area contributed by atoms with Crippen LogP contribution < -0.4 is 0 Å². The fourth-order valence-electron chi connectivity index (χ4n) is 2.71. The predicted octanol–water partition coefficient (Wildman–Crippen LogP) is 5.61. The van der Waals surface area contributed by atoms with E-state index < -0.39 is 0 Å². The summed E-state index contributed by atoms with van der Waals surface area (Å²) in [4.78, 5) is 16.3. The second kappa shape index (κ2) is 10.1. The Morgan fingerprint density at radius 1 is 1.04 bits per heavy atom. The first-order valence-electron chi connectivity index (χ1n) is 9.22. The van der Waals surface area contributed by atoms with Gasteiger partial charge in [0.05, 0.1) is 17.5 Å². The minimum Gasteiger partial charge on any atom is -0.303 e. The molecule has 2 aromatic rings. The van der Waals surface area contributed by atoms with Crippen molar-refractivity contribution in [3.63, 3.8) is 0 Å². The highest BCUT2D eigenvalue weighted by molar-refractivity contribution is 6.30. The summed E-state index contributed by atoms with van der Waals surface area (Å²) in [5.74, 6) is 0. The number of aldehydes is 1. The molecule has 28 heavy (non-hydrogen) atoms. The van der Waals surface area contributed by atoms with Gasteiger partial charge in [-0.3, -0.25) is 4.99 Å². The molecule has 0 N–H and O–H groups in total. The summed E-state index contributed by atoms with van der Waals surface area (Å²) in [7, 11) is 0. The molecule has 146 valence electrons. The zero-order valence-corrected chi connectivity index (χ0v) is 17.8. The Hall–Kier alpha value is -2.59. The van der Waals surface area contributed by atoms with E-state index in [2.05, 4.69) is 42.2 Å². The Labute approximate surface area is 172 Å². The molecule has 5 heteroatoms. The zero-order chi connectivity index (χ0) is 20.7. The molecule has 2 aromatic carbocycles. The molecular formula is C23H26ClN3O. The molecule has 0 aliphatic heterocycles. The van der Waals surface area contributed by atoms with Crippen molar-refractivity contribution in [1.29, 1.82) is 0 Å². The molecule has 1 atom stereocenters. The van der Waals surface area contributed by atoms with E-state index >= 15 is 0 Å². The van der Waals surface area contributed by atoms with Crippen LogP contribution >= 0.6 is 11.6 Å². The van der Waals surface area contributed by atoms with Gasteiger partial charge >= 0.3 is 0 Å². The van der Waals surface area contributed by atoms with Crippen LogP contribution in [-0.2, 0) is 4.79 Å². The highest BCUT2D eigenvalue weighted by atomic mass is 35.5. The first kappa shape index (κ1) is 21.7. The highest BCUT2D eigenvalue weighted by Crippen LogP contribution is 2.20. The monoisotopic (exact) mass is 395 g/mol. The van der Waals surface area contributed by atoms with E-state index in [1.54, 1.807) is 0 Å². The van der Waals surface area contributed by atoms with Crippen LogP contribution in [0.1, 0.15) is 49.4 Å². The first-order valence-corrected chi connectivity index (χ1v) is 9.60. The normalized spacial score (nSPS) is 13.2. The molecule has 0 spiro atoms. The standard InChI is InChI=1S/C23H26ClN3O/c1-15(2)26-27-18(5)22(12-13-28)25-23(19-8-10-20(24)11-9-19)21-14-16(3)6-7-17(21)4/h6-11,13-14,22H,12H2,1-5H3/b25-23?,27-18+/t22-/m0/s1. The van der Waals surface area contributed by atoms with E-state index in [4.69, 9.17) is 16.6 Å². The third-order valence-electron chi connectivity index (χ3n) is 4.26. The van der Waals surface area contributed by atoms with Crippen molar-refractivity contribution in [2.45, 2.75) is 47.1 Å². The van der Waals surface area contributed by atoms with E-state index in [1.807, 2.05) is 45.0 Å². The molecule has 0 unspecified atom stereocenters. The topological polar surface area (TPSA) is 54.1 Å². The third kappa shape index (κ3) is 5.96. The summed E-state index contributed by atoms with van der Waals surface area (Å²) in [6.45, 7) is 9.72. The molecule has 0 aliphatic rings. The number of rotatable bonds is 7. The van der Waals surface area contributed by atoms with Crippen LogP contribution in [0.3, 0.4) is 0 Å². The fourth-order valence-corrected chi connectivity index (χ4v) is 2.83. The molecule has 4 nitrogen and oxygen atoms in total. The molecule has 0 heterocycles. The molecule has 0 amide bonds. The van der Waals surface area contributed by atoms with E-state index in [1.165, 1.54) is 0 Å². The quantitative estimate of drug-likeness (QED) is 0.341. The Morgan fingerprint density at radius 3 is 2.32 bits per heavy atom. The number of carbonyl (C=O) groups excluding carboxylic acids is 1. The van der Waals surface area contributed by atoms with Crippen LogP contribution in [0.4, 0.5) is 0 Å². The maximum Gasteiger partial charge on any atom is 0.122 e. The second-order valence-electron chi connectivity index (χ2n) is 7.01. The van der Waals surface area contributed by atoms with E-state index in [-0.39, 0.29) is 12.5 Å². The molecule has 0 saturated carbocycles. The maximum absolute atomic E-state index is 11.3. The van der Waals surface area contributed by atoms with Gasteiger partial charge in [0, 0.05) is 28.3 Å². The number of nitrogens with zero attached hydrogens (tertiary/aromatic N) is 3. The van der Waals surface area contributed by atoms with Crippen molar-refractivity contribution in [3.8, 4) is 0 Å². The third-order valence-corrected chi connectivity index (χ3v) is 4.51. The average Bonchev–Trinajstić information content (AvgIpc) is 2.66.